The first kappa shape index (κ1) is 12.1. The van der Waals surface area contributed by atoms with Crippen molar-refractivity contribution in [3.05, 3.63) is 0 Å². The van der Waals surface area contributed by atoms with E-state index in [1.54, 1.807) is 0 Å². The van der Waals surface area contributed by atoms with Crippen LogP contribution in [-0.2, 0) is 13.6 Å². The Kier molecular flexibility index (Phi) is 5.61. The number of hydrogen-bond acceptors (Lipinski definition) is 3. The van der Waals surface area contributed by atoms with Gasteiger partial charge in [-0.05, 0) is 18.8 Å². The van der Waals surface area contributed by atoms with Crippen LogP contribution in [0.25, 0.3) is 0 Å². The van der Waals surface area contributed by atoms with Gasteiger partial charge in [-0.25, -0.2) is 0 Å². The van der Waals surface area contributed by atoms with Crippen molar-refractivity contribution < 1.29 is 13.6 Å². The first-order chi connectivity index (χ1) is 6.83. The fourth-order valence-corrected chi connectivity index (χ4v) is 2.58. The summed E-state index contributed by atoms with van der Waals surface area (Å²) in [5, 5.41) is 0. The minimum absolute atomic E-state index is 0.193. The highest BCUT2D eigenvalue weighted by molar-refractivity contribution is 5.99. The van der Waals surface area contributed by atoms with E-state index in [1.807, 2.05) is 0 Å². The predicted octanol–water partition coefficient (Wildman–Crippen LogP) is 0.703. The van der Waals surface area contributed by atoms with E-state index in [1.165, 1.54) is 19.3 Å². The van der Waals surface area contributed by atoms with Gasteiger partial charge in [0.25, 0.3) is 0 Å². The quantitative estimate of drug-likeness (QED) is 0.511. The first-order valence-corrected chi connectivity index (χ1v) is 5.75. The molecule has 0 unspecified atom stereocenters. The summed E-state index contributed by atoms with van der Waals surface area (Å²) in [7, 11) is 5.92. The average molecular weight is 226 g/mol. The zero-order chi connectivity index (χ0) is 10.4. The van der Waals surface area contributed by atoms with Gasteiger partial charge in [-0.15, -0.1) is 0 Å². The van der Waals surface area contributed by atoms with Crippen LogP contribution < -0.4 is 0 Å². The summed E-state index contributed by atoms with van der Waals surface area (Å²) in [6.45, 7) is 0. The summed E-state index contributed by atoms with van der Waals surface area (Å²) in [4.78, 5) is 10.7. The lowest BCUT2D eigenvalue weighted by atomic mass is 9.83. The van der Waals surface area contributed by atoms with Crippen LogP contribution in [0, 0.1) is 5.92 Å². The second-order valence-electron chi connectivity index (χ2n) is 3.70. The molecule has 0 heterocycles. The SMILES string of the molecule is O=C[C@H](O[Si])[C@H](O[Si])C1CCCCC1. The Labute approximate surface area is 91.6 Å². The lowest BCUT2D eigenvalue weighted by Crippen LogP contribution is -2.39. The molecule has 0 aromatic heterocycles. The average Bonchev–Trinajstić information content (AvgIpc) is 2.27. The van der Waals surface area contributed by atoms with Gasteiger partial charge in [0.05, 0.1) is 6.10 Å². The molecule has 2 atom stereocenters. The van der Waals surface area contributed by atoms with Crippen molar-refractivity contribution in [2.24, 2.45) is 5.92 Å². The molecule has 6 radical (unpaired) electrons. The maximum absolute atomic E-state index is 10.7. The molecule has 0 aromatic rings. The molecule has 3 nitrogen and oxygen atoms in total. The molecule has 14 heavy (non-hydrogen) atoms. The van der Waals surface area contributed by atoms with Crippen LogP contribution in [0.15, 0.2) is 0 Å². The monoisotopic (exact) mass is 226 g/mol. The Balaban J connectivity index is 2.53. The van der Waals surface area contributed by atoms with Crippen molar-refractivity contribution in [3.63, 3.8) is 0 Å². The van der Waals surface area contributed by atoms with E-state index in [0.29, 0.717) is 5.92 Å². The molecule has 1 saturated carbocycles. The predicted molar refractivity (Wildman–Crippen MR) is 53.9 cm³/mol. The van der Waals surface area contributed by atoms with Crippen LogP contribution in [0.4, 0.5) is 0 Å². The third-order valence-corrected chi connectivity index (χ3v) is 3.39. The van der Waals surface area contributed by atoms with Crippen molar-refractivity contribution in [2.45, 2.75) is 44.3 Å². The van der Waals surface area contributed by atoms with Crippen LogP contribution in [0.5, 0.6) is 0 Å². The van der Waals surface area contributed by atoms with Crippen LogP contribution in [-0.4, -0.2) is 39.5 Å². The highest BCUT2D eigenvalue weighted by Crippen LogP contribution is 2.29. The molecule has 0 bridgehead atoms. The molecule has 0 aromatic carbocycles. The lowest BCUT2D eigenvalue weighted by Gasteiger charge is -2.32. The number of carbonyl (C=O) groups is 1. The zero-order valence-corrected chi connectivity index (χ0v) is 10.1. The minimum Gasteiger partial charge on any atom is -0.412 e. The van der Waals surface area contributed by atoms with E-state index < -0.39 is 6.10 Å². The number of hydrogen-bond donors (Lipinski definition) is 0. The maximum atomic E-state index is 10.7. The number of rotatable bonds is 5. The van der Waals surface area contributed by atoms with Gasteiger partial charge < -0.3 is 13.6 Å². The van der Waals surface area contributed by atoms with Crippen LogP contribution in [0.3, 0.4) is 0 Å². The zero-order valence-electron chi connectivity index (χ0n) is 8.07. The second-order valence-corrected chi connectivity index (χ2v) is 4.17. The van der Waals surface area contributed by atoms with Gasteiger partial charge in [-0.2, -0.15) is 0 Å². The molecule has 1 fully saturated rings. The minimum atomic E-state index is -0.535. The summed E-state index contributed by atoms with van der Waals surface area (Å²) >= 11 is 0. The van der Waals surface area contributed by atoms with Gasteiger partial charge >= 0.3 is 0 Å². The smallest absolute Gasteiger partial charge is 0.247 e. The molecule has 0 amide bonds. The molecule has 0 spiro atoms. The molecule has 1 rings (SSSR count). The third kappa shape index (κ3) is 3.01. The standard InChI is InChI=1S/C9H14O3Si2/c10-6-8(11-13)9(12-14)7-4-2-1-3-5-7/h6-9H,1-5H2/t8-,9+/m0/s1. The van der Waals surface area contributed by atoms with E-state index in [9.17, 15) is 4.79 Å². The molecule has 0 saturated heterocycles. The van der Waals surface area contributed by atoms with E-state index in [2.05, 4.69) is 21.0 Å². The largest absolute Gasteiger partial charge is 0.412 e. The fourth-order valence-electron chi connectivity index (χ4n) is 2.07. The lowest BCUT2D eigenvalue weighted by molar-refractivity contribution is -0.119. The summed E-state index contributed by atoms with van der Waals surface area (Å²) < 4.78 is 10.0. The molecule has 0 aliphatic heterocycles. The summed E-state index contributed by atoms with van der Waals surface area (Å²) in [6.07, 6.45) is 5.96. The Morgan fingerprint density at radius 3 is 2.21 bits per heavy atom. The van der Waals surface area contributed by atoms with Crippen molar-refractivity contribution >= 4 is 27.3 Å². The molecular formula is C9H14O3Si2. The van der Waals surface area contributed by atoms with E-state index in [4.69, 9.17) is 8.85 Å². The van der Waals surface area contributed by atoms with Crippen molar-refractivity contribution in [1.29, 1.82) is 0 Å². The van der Waals surface area contributed by atoms with Crippen molar-refractivity contribution in [3.8, 4) is 0 Å². The Morgan fingerprint density at radius 1 is 1.14 bits per heavy atom. The topological polar surface area (TPSA) is 35.5 Å². The molecule has 76 valence electrons. The second kappa shape index (κ2) is 6.50. The summed E-state index contributed by atoms with van der Waals surface area (Å²) in [6, 6.07) is 0. The third-order valence-electron chi connectivity index (χ3n) is 2.84. The van der Waals surface area contributed by atoms with Crippen LogP contribution in [0.1, 0.15) is 32.1 Å². The van der Waals surface area contributed by atoms with Gasteiger partial charge in [0.1, 0.15) is 12.4 Å². The van der Waals surface area contributed by atoms with Gasteiger partial charge in [0.2, 0.25) is 21.0 Å². The van der Waals surface area contributed by atoms with E-state index >= 15 is 0 Å². The van der Waals surface area contributed by atoms with Gasteiger partial charge in [0.15, 0.2) is 0 Å². The Morgan fingerprint density at radius 2 is 1.79 bits per heavy atom. The van der Waals surface area contributed by atoms with Crippen LogP contribution >= 0.6 is 0 Å². The molecular weight excluding hydrogens is 212 g/mol. The molecule has 1 aliphatic carbocycles. The highest BCUT2D eigenvalue weighted by Gasteiger charge is 2.29. The summed E-state index contributed by atoms with van der Waals surface area (Å²) in [5.41, 5.74) is 0. The van der Waals surface area contributed by atoms with Gasteiger partial charge in [-0.1, -0.05) is 19.3 Å². The fraction of sp³-hybridized carbons (Fsp3) is 0.889. The maximum Gasteiger partial charge on any atom is 0.247 e. The molecule has 5 heteroatoms. The Bertz CT molecular complexity index is 171. The summed E-state index contributed by atoms with van der Waals surface area (Å²) in [5.74, 6) is 0.410. The normalized spacial score (nSPS) is 23.0. The number of aldehydes is 1. The number of carbonyl (C=O) groups excluding carboxylic acids is 1. The van der Waals surface area contributed by atoms with E-state index in [0.717, 1.165) is 19.1 Å². The van der Waals surface area contributed by atoms with Crippen LogP contribution in [0.2, 0.25) is 0 Å². The molecule has 1 aliphatic rings. The van der Waals surface area contributed by atoms with E-state index in [-0.39, 0.29) is 6.10 Å². The van der Waals surface area contributed by atoms with Crippen molar-refractivity contribution in [1.82, 2.24) is 0 Å². The van der Waals surface area contributed by atoms with Crippen molar-refractivity contribution in [2.75, 3.05) is 0 Å². The molecule has 0 N–H and O–H groups in total. The Hall–Kier alpha value is 0.0238. The first-order valence-electron chi connectivity index (χ1n) is 4.93. The van der Waals surface area contributed by atoms with Gasteiger partial charge in [-0.3, -0.25) is 0 Å². The van der Waals surface area contributed by atoms with Gasteiger partial charge in [0, 0.05) is 0 Å². The highest BCUT2D eigenvalue weighted by atomic mass is 28.2.